The van der Waals surface area contributed by atoms with E-state index in [9.17, 15) is 13.6 Å². The van der Waals surface area contributed by atoms with Gasteiger partial charge in [0.15, 0.2) is 0 Å². The van der Waals surface area contributed by atoms with Crippen LogP contribution in [-0.2, 0) is 22.4 Å². The summed E-state index contributed by atoms with van der Waals surface area (Å²) in [4.78, 5) is 15.2. The number of carbonyl (C=O) groups excluding carboxylic acids is 1. The first-order chi connectivity index (χ1) is 12.0. The van der Waals surface area contributed by atoms with Gasteiger partial charge in [0.2, 0.25) is 0 Å². The quantitative estimate of drug-likeness (QED) is 0.719. The fourth-order valence-electron chi connectivity index (χ4n) is 3.52. The molecule has 0 spiro atoms. The van der Waals surface area contributed by atoms with Gasteiger partial charge in [0.25, 0.3) is 5.92 Å². The van der Waals surface area contributed by atoms with Gasteiger partial charge in [0.05, 0.1) is 24.3 Å². The average Bonchev–Trinajstić information content (AvgIpc) is 3.01. The minimum absolute atomic E-state index is 0.329. The Hall–Kier alpha value is -1.67. The molecule has 0 saturated carbocycles. The van der Waals surface area contributed by atoms with Crippen molar-refractivity contribution in [3.8, 4) is 0 Å². The second-order valence-electron chi connectivity index (χ2n) is 8.47. The third-order valence-electron chi connectivity index (χ3n) is 5.86. The molecule has 2 amide bonds. The number of hydrogen-bond acceptors (Lipinski definition) is 3. The molecule has 2 fully saturated rings. The predicted molar refractivity (Wildman–Crippen MR) is 93.3 cm³/mol. The molecule has 0 bridgehead atoms. The standard InChI is InChI=1S/C18H23BF2N2O3/c1-16(2)17(3,4)26-19(25-16)14-6-5-12-8-22(9-13(12)7-14)15(24)23-10-18(20,21)11-23/h5-7H,8-11H2,1-4H3. The average molecular weight is 364 g/mol. The second kappa shape index (κ2) is 5.42. The van der Waals surface area contributed by atoms with Crippen molar-refractivity contribution in [2.24, 2.45) is 0 Å². The smallest absolute Gasteiger partial charge is 0.399 e. The number of halogens is 2. The molecule has 1 aromatic rings. The number of benzene rings is 1. The second-order valence-corrected chi connectivity index (χ2v) is 8.47. The largest absolute Gasteiger partial charge is 0.494 e. The number of hydrogen-bond donors (Lipinski definition) is 0. The lowest BCUT2D eigenvalue weighted by Crippen LogP contribution is -2.60. The van der Waals surface area contributed by atoms with Gasteiger partial charge >= 0.3 is 13.1 Å². The SMILES string of the molecule is CC1(C)OB(c2ccc3c(c2)CN(C(=O)N2CC(F)(F)C2)C3)OC1(C)C. The lowest BCUT2D eigenvalue weighted by molar-refractivity contribution is -0.114. The topological polar surface area (TPSA) is 42.0 Å². The molecule has 4 rings (SSSR count). The van der Waals surface area contributed by atoms with Gasteiger partial charge in [-0.3, -0.25) is 0 Å². The fraction of sp³-hybridized carbons (Fsp3) is 0.611. The number of amides is 2. The molecule has 1 aromatic carbocycles. The van der Waals surface area contributed by atoms with Gasteiger partial charge in [-0.15, -0.1) is 0 Å². The van der Waals surface area contributed by atoms with Gasteiger partial charge in [0, 0.05) is 13.1 Å². The number of carbonyl (C=O) groups is 1. The van der Waals surface area contributed by atoms with Crippen LogP contribution in [0.2, 0.25) is 0 Å². The van der Waals surface area contributed by atoms with Crippen molar-refractivity contribution < 1.29 is 22.9 Å². The minimum atomic E-state index is -2.74. The molecule has 0 N–H and O–H groups in total. The van der Waals surface area contributed by atoms with Crippen molar-refractivity contribution in [2.75, 3.05) is 13.1 Å². The van der Waals surface area contributed by atoms with Gasteiger partial charge in [-0.05, 0) is 44.3 Å². The molecular weight excluding hydrogens is 341 g/mol. The lowest BCUT2D eigenvalue weighted by Gasteiger charge is -2.40. The highest BCUT2D eigenvalue weighted by atomic mass is 19.3. The molecule has 140 valence electrons. The summed E-state index contributed by atoms with van der Waals surface area (Å²) in [6.45, 7) is 7.90. The van der Waals surface area contributed by atoms with Crippen molar-refractivity contribution >= 4 is 18.6 Å². The first-order valence-electron chi connectivity index (χ1n) is 8.86. The normalized spacial score (nSPS) is 25.2. The van der Waals surface area contributed by atoms with Gasteiger partial charge in [-0.2, -0.15) is 0 Å². The molecular formula is C18H23BF2N2O3. The minimum Gasteiger partial charge on any atom is -0.399 e. The zero-order chi connectivity index (χ0) is 18.9. The van der Waals surface area contributed by atoms with Crippen LogP contribution in [0.1, 0.15) is 38.8 Å². The predicted octanol–water partition coefficient (Wildman–Crippen LogP) is 2.37. The number of fused-ring (bicyclic) bond motifs is 1. The number of urea groups is 1. The van der Waals surface area contributed by atoms with E-state index in [0.29, 0.717) is 13.1 Å². The number of nitrogens with zero attached hydrogens (tertiary/aromatic N) is 2. The Labute approximate surface area is 152 Å². The Morgan fingerprint density at radius 3 is 2.15 bits per heavy atom. The van der Waals surface area contributed by atoms with Crippen LogP contribution >= 0.6 is 0 Å². The maximum absolute atomic E-state index is 13.0. The van der Waals surface area contributed by atoms with E-state index in [2.05, 4.69) is 0 Å². The van der Waals surface area contributed by atoms with Crippen LogP contribution in [0, 0.1) is 0 Å². The van der Waals surface area contributed by atoms with Crippen LogP contribution in [0.15, 0.2) is 18.2 Å². The summed E-state index contributed by atoms with van der Waals surface area (Å²) in [6, 6.07) is 5.58. The van der Waals surface area contributed by atoms with Crippen molar-refractivity contribution in [3.63, 3.8) is 0 Å². The van der Waals surface area contributed by atoms with Gasteiger partial charge in [-0.1, -0.05) is 18.2 Å². The van der Waals surface area contributed by atoms with Gasteiger partial charge in [-0.25, -0.2) is 13.6 Å². The van der Waals surface area contributed by atoms with E-state index in [1.54, 1.807) is 4.90 Å². The number of likely N-dealkylation sites (tertiary alicyclic amines) is 1. The Morgan fingerprint density at radius 1 is 1.00 bits per heavy atom. The zero-order valence-corrected chi connectivity index (χ0v) is 15.5. The van der Waals surface area contributed by atoms with E-state index in [-0.39, 0.29) is 6.03 Å². The Kier molecular flexibility index (Phi) is 3.70. The molecule has 0 unspecified atom stereocenters. The highest BCUT2D eigenvalue weighted by Crippen LogP contribution is 2.37. The van der Waals surface area contributed by atoms with Crippen molar-refractivity contribution in [2.45, 2.75) is 57.9 Å². The maximum atomic E-state index is 13.0. The van der Waals surface area contributed by atoms with Crippen LogP contribution in [0.4, 0.5) is 13.6 Å². The van der Waals surface area contributed by atoms with E-state index in [1.165, 1.54) is 4.90 Å². The van der Waals surface area contributed by atoms with Crippen molar-refractivity contribution in [1.29, 1.82) is 0 Å². The Bertz CT molecular complexity index is 745. The number of rotatable bonds is 1. The van der Waals surface area contributed by atoms with Gasteiger partial charge < -0.3 is 19.1 Å². The van der Waals surface area contributed by atoms with Crippen LogP contribution in [0.5, 0.6) is 0 Å². The summed E-state index contributed by atoms with van der Waals surface area (Å²) >= 11 is 0. The maximum Gasteiger partial charge on any atom is 0.494 e. The highest BCUT2D eigenvalue weighted by Gasteiger charge is 2.52. The molecule has 3 aliphatic rings. The molecule has 5 nitrogen and oxygen atoms in total. The van der Waals surface area contributed by atoms with E-state index in [4.69, 9.17) is 9.31 Å². The fourth-order valence-corrected chi connectivity index (χ4v) is 3.52. The van der Waals surface area contributed by atoms with Crippen LogP contribution < -0.4 is 5.46 Å². The molecule has 3 aliphatic heterocycles. The van der Waals surface area contributed by atoms with Gasteiger partial charge in [0.1, 0.15) is 0 Å². The summed E-state index contributed by atoms with van der Waals surface area (Å²) in [5, 5.41) is 0. The summed E-state index contributed by atoms with van der Waals surface area (Å²) in [7, 11) is -0.455. The molecule has 8 heteroatoms. The first-order valence-corrected chi connectivity index (χ1v) is 8.86. The molecule has 2 saturated heterocycles. The molecule has 0 radical (unpaired) electrons. The van der Waals surface area contributed by atoms with Crippen LogP contribution in [-0.4, -0.2) is 53.2 Å². The third kappa shape index (κ3) is 2.79. The Morgan fingerprint density at radius 2 is 1.58 bits per heavy atom. The molecule has 0 aliphatic carbocycles. The third-order valence-corrected chi connectivity index (χ3v) is 5.86. The summed E-state index contributed by atoms with van der Waals surface area (Å²) in [5.41, 5.74) is 2.12. The first kappa shape index (κ1) is 17.7. The molecule has 0 atom stereocenters. The summed E-state index contributed by atoms with van der Waals surface area (Å²) in [5.74, 6) is -2.74. The van der Waals surface area contributed by atoms with Crippen LogP contribution in [0.3, 0.4) is 0 Å². The highest BCUT2D eigenvalue weighted by molar-refractivity contribution is 6.62. The molecule has 26 heavy (non-hydrogen) atoms. The zero-order valence-electron chi connectivity index (χ0n) is 15.5. The van der Waals surface area contributed by atoms with E-state index in [1.807, 2.05) is 45.9 Å². The summed E-state index contributed by atoms with van der Waals surface area (Å²) in [6.07, 6.45) is 0. The van der Waals surface area contributed by atoms with Crippen molar-refractivity contribution in [1.82, 2.24) is 9.80 Å². The summed E-state index contributed by atoms with van der Waals surface area (Å²) < 4.78 is 38.2. The number of alkyl halides is 2. The lowest BCUT2D eigenvalue weighted by atomic mass is 9.78. The molecule has 3 heterocycles. The van der Waals surface area contributed by atoms with E-state index < -0.39 is 37.3 Å². The van der Waals surface area contributed by atoms with E-state index in [0.717, 1.165) is 16.6 Å². The monoisotopic (exact) mass is 364 g/mol. The molecule has 0 aromatic heterocycles. The van der Waals surface area contributed by atoms with Crippen molar-refractivity contribution in [3.05, 3.63) is 29.3 Å². The van der Waals surface area contributed by atoms with Crippen LogP contribution in [0.25, 0.3) is 0 Å². The Balaban J connectivity index is 1.47. The van der Waals surface area contributed by atoms with E-state index >= 15 is 0 Å².